The van der Waals surface area contributed by atoms with Crippen molar-refractivity contribution in [1.29, 1.82) is 0 Å². The molecule has 1 saturated heterocycles. The highest BCUT2D eigenvalue weighted by atomic mass is 35.5. The van der Waals surface area contributed by atoms with Crippen molar-refractivity contribution in [2.75, 3.05) is 19.6 Å². The van der Waals surface area contributed by atoms with Gasteiger partial charge in [0.05, 0.1) is 17.6 Å². The summed E-state index contributed by atoms with van der Waals surface area (Å²) in [6.07, 6.45) is 0.831. The first-order chi connectivity index (χ1) is 9.49. The van der Waals surface area contributed by atoms with Gasteiger partial charge in [-0.25, -0.2) is 0 Å². The molecular formula is C14H16Cl2N2O2. The Labute approximate surface area is 128 Å². The number of benzene rings is 1. The zero-order valence-electron chi connectivity index (χ0n) is 11.2. The fourth-order valence-corrected chi connectivity index (χ4v) is 2.74. The number of halogens is 2. The number of carbonyl (C=O) groups excluding carboxylic acids is 2. The van der Waals surface area contributed by atoms with E-state index < -0.39 is 6.04 Å². The maximum atomic E-state index is 12.5. The number of carbonyl (C=O) groups is 2. The van der Waals surface area contributed by atoms with E-state index in [0.29, 0.717) is 28.7 Å². The molecule has 0 aliphatic carbocycles. The molecule has 108 valence electrons. The van der Waals surface area contributed by atoms with Crippen molar-refractivity contribution in [2.45, 2.75) is 19.4 Å². The molecular weight excluding hydrogens is 299 g/mol. The predicted molar refractivity (Wildman–Crippen MR) is 79.5 cm³/mol. The smallest absolute Gasteiger partial charge is 0.234 e. The minimum Gasteiger partial charge on any atom is -0.355 e. The molecule has 1 fully saturated rings. The molecule has 1 amide bonds. The van der Waals surface area contributed by atoms with E-state index >= 15 is 0 Å². The topological polar surface area (TPSA) is 49.4 Å². The van der Waals surface area contributed by atoms with Crippen molar-refractivity contribution in [1.82, 2.24) is 10.2 Å². The van der Waals surface area contributed by atoms with Crippen molar-refractivity contribution in [3.63, 3.8) is 0 Å². The van der Waals surface area contributed by atoms with E-state index in [1.165, 1.54) is 0 Å². The first-order valence-corrected chi connectivity index (χ1v) is 7.24. The zero-order valence-corrected chi connectivity index (χ0v) is 12.7. The van der Waals surface area contributed by atoms with Gasteiger partial charge in [0, 0.05) is 23.7 Å². The van der Waals surface area contributed by atoms with Gasteiger partial charge >= 0.3 is 0 Å². The van der Waals surface area contributed by atoms with Crippen molar-refractivity contribution in [2.24, 2.45) is 0 Å². The Balaban J connectivity index is 2.16. The van der Waals surface area contributed by atoms with Crippen LogP contribution in [0, 0.1) is 0 Å². The number of nitrogens with one attached hydrogen (secondary N) is 1. The Hall–Kier alpha value is -1.10. The molecule has 1 unspecified atom stereocenters. The molecule has 6 heteroatoms. The van der Waals surface area contributed by atoms with Crippen LogP contribution in [0.1, 0.15) is 23.7 Å². The van der Waals surface area contributed by atoms with Gasteiger partial charge in [0.25, 0.3) is 0 Å². The number of rotatable bonds is 3. The lowest BCUT2D eigenvalue weighted by atomic mass is 10.0. The van der Waals surface area contributed by atoms with Gasteiger partial charge in [-0.3, -0.25) is 14.5 Å². The second kappa shape index (κ2) is 6.57. The summed E-state index contributed by atoms with van der Waals surface area (Å²) in [6.45, 7) is 3.39. The molecule has 1 N–H and O–H groups in total. The Morgan fingerprint density at radius 3 is 2.85 bits per heavy atom. The summed E-state index contributed by atoms with van der Waals surface area (Å²) in [5.74, 6) is -0.147. The fraction of sp³-hybridized carbons (Fsp3) is 0.429. The molecule has 1 aliphatic heterocycles. The standard InChI is InChI=1S/C14H16Cl2N2O2/c1-9(18-6-2-5-17-13(19)8-18)14(20)11-4-3-10(15)7-12(11)16/h3-4,7,9H,2,5-6,8H2,1H3,(H,17,19). The first kappa shape index (κ1) is 15.3. The number of ketones is 1. The lowest BCUT2D eigenvalue weighted by molar-refractivity contribution is -0.121. The lowest BCUT2D eigenvalue weighted by Gasteiger charge is -2.25. The summed E-state index contributed by atoms with van der Waals surface area (Å²) >= 11 is 11.9. The number of Topliss-reactive ketones (excluding diaryl/α,β-unsaturated/α-hetero) is 1. The Bertz CT molecular complexity index is 534. The summed E-state index contributed by atoms with van der Waals surface area (Å²) in [5, 5.41) is 3.63. The molecule has 0 radical (unpaired) electrons. The van der Waals surface area contributed by atoms with Gasteiger partial charge in [-0.15, -0.1) is 0 Å². The van der Waals surface area contributed by atoms with E-state index in [0.717, 1.165) is 6.42 Å². The zero-order chi connectivity index (χ0) is 14.7. The van der Waals surface area contributed by atoms with Crippen LogP contribution in [0.15, 0.2) is 18.2 Å². The largest absolute Gasteiger partial charge is 0.355 e. The van der Waals surface area contributed by atoms with Crippen LogP contribution in [0.25, 0.3) is 0 Å². The lowest BCUT2D eigenvalue weighted by Crippen LogP contribution is -2.43. The molecule has 4 nitrogen and oxygen atoms in total. The van der Waals surface area contributed by atoms with Crippen LogP contribution in [0.5, 0.6) is 0 Å². The number of hydrogen-bond donors (Lipinski definition) is 1. The van der Waals surface area contributed by atoms with E-state index in [1.54, 1.807) is 25.1 Å². The van der Waals surface area contributed by atoms with Crippen LogP contribution in [-0.2, 0) is 4.79 Å². The Morgan fingerprint density at radius 1 is 1.40 bits per heavy atom. The monoisotopic (exact) mass is 314 g/mol. The normalized spacial score (nSPS) is 18.2. The van der Waals surface area contributed by atoms with Gasteiger partial charge < -0.3 is 5.32 Å². The molecule has 1 atom stereocenters. The molecule has 0 bridgehead atoms. The van der Waals surface area contributed by atoms with Gasteiger partial charge in [0.1, 0.15) is 0 Å². The van der Waals surface area contributed by atoms with Crippen molar-refractivity contribution < 1.29 is 9.59 Å². The molecule has 0 spiro atoms. The molecule has 0 aromatic heterocycles. The summed E-state index contributed by atoms with van der Waals surface area (Å²) in [6, 6.07) is 4.43. The summed E-state index contributed by atoms with van der Waals surface area (Å²) in [7, 11) is 0. The predicted octanol–water partition coefficient (Wildman–Crippen LogP) is 2.39. The van der Waals surface area contributed by atoms with Crippen LogP contribution >= 0.6 is 23.2 Å². The minimum atomic E-state index is -0.391. The van der Waals surface area contributed by atoms with E-state index in [-0.39, 0.29) is 18.2 Å². The van der Waals surface area contributed by atoms with Crippen LogP contribution < -0.4 is 5.32 Å². The second-order valence-electron chi connectivity index (χ2n) is 4.84. The highest BCUT2D eigenvalue weighted by molar-refractivity contribution is 6.37. The number of nitrogens with zero attached hydrogens (tertiary/aromatic N) is 1. The van der Waals surface area contributed by atoms with Crippen LogP contribution in [0.3, 0.4) is 0 Å². The van der Waals surface area contributed by atoms with E-state index in [9.17, 15) is 9.59 Å². The maximum Gasteiger partial charge on any atom is 0.234 e. The van der Waals surface area contributed by atoms with Gasteiger partial charge in [-0.2, -0.15) is 0 Å². The third-order valence-corrected chi connectivity index (χ3v) is 3.96. The molecule has 1 aliphatic rings. The average molecular weight is 315 g/mol. The maximum absolute atomic E-state index is 12.5. The Kier molecular flexibility index (Phi) is 5.02. The average Bonchev–Trinajstić information content (AvgIpc) is 2.62. The summed E-state index contributed by atoms with van der Waals surface area (Å²) < 4.78 is 0. The second-order valence-corrected chi connectivity index (χ2v) is 5.68. The van der Waals surface area contributed by atoms with Crippen LogP contribution in [0.2, 0.25) is 10.0 Å². The molecule has 1 heterocycles. The SMILES string of the molecule is CC(C(=O)c1ccc(Cl)cc1Cl)N1CCCNC(=O)C1. The van der Waals surface area contributed by atoms with Crippen LogP contribution in [0.4, 0.5) is 0 Å². The third kappa shape index (κ3) is 3.51. The minimum absolute atomic E-state index is 0.0515. The van der Waals surface area contributed by atoms with Crippen molar-refractivity contribution >= 4 is 34.9 Å². The molecule has 2 rings (SSSR count). The molecule has 1 aromatic carbocycles. The van der Waals surface area contributed by atoms with Crippen LogP contribution in [-0.4, -0.2) is 42.3 Å². The van der Waals surface area contributed by atoms with Gasteiger partial charge in [0.15, 0.2) is 5.78 Å². The van der Waals surface area contributed by atoms with Gasteiger partial charge in [-0.05, 0) is 31.5 Å². The van der Waals surface area contributed by atoms with Gasteiger partial charge in [0.2, 0.25) is 5.91 Å². The third-order valence-electron chi connectivity index (χ3n) is 3.41. The highest BCUT2D eigenvalue weighted by Crippen LogP contribution is 2.23. The summed E-state index contributed by atoms with van der Waals surface area (Å²) in [5.41, 5.74) is 0.438. The van der Waals surface area contributed by atoms with Crippen molar-refractivity contribution in [3.8, 4) is 0 Å². The number of amides is 1. The van der Waals surface area contributed by atoms with Gasteiger partial charge in [-0.1, -0.05) is 23.2 Å². The van der Waals surface area contributed by atoms with E-state index in [1.807, 2.05) is 4.90 Å². The first-order valence-electron chi connectivity index (χ1n) is 6.49. The van der Waals surface area contributed by atoms with E-state index in [4.69, 9.17) is 23.2 Å². The molecule has 20 heavy (non-hydrogen) atoms. The fourth-order valence-electron chi connectivity index (χ4n) is 2.24. The summed E-state index contributed by atoms with van der Waals surface area (Å²) in [4.78, 5) is 25.9. The molecule has 0 saturated carbocycles. The quantitative estimate of drug-likeness (QED) is 0.871. The molecule has 1 aromatic rings. The Morgan fingerprint density at radius 2 is 2.15 bits per heavy atom. The number of hydrogen-bond acceptors (Lipinski definition) is 3. The highest BCUT2D eigenvalue weighted by Gasteiger charge is 2.26. The van der Waals surface area contributed by atoms with Crippen molar-refractivity contribution in [3.05, 3.63) is 33.8 Å². The van der Waals surface area contributed by atoms with E-state index in [2.05, 4.69) is 5.32 Å².